The molecule has 1 aromatic heterocycles. The number of hydrogen-bond donors (Lipinski definition) is 1. The van der Waals surface area contributed by atoms with Crippen LogP contribution in [0.25, 0.3) is 0 Å². The summed E-state index contributed by atoms with van der Waals surface area (Å²) in [5.74, 6) is 0.485. The van der Waals surface area contributed by atoms with Crippen LogP contribution in [0.1, 0.15) is 19.8 Å². The highest BCUT2D eigenvalue weighted by molar-refractivity contribution is 5.67. The number of nitrogens with one attached hydrogen (secondary N) is 1. The molecule has 0 spiro atoms. The Hall–Kier alpha value is -2.38. The van der Waals surface area contributed by atoms with Crippen LogP contribution in [0.3, 0.4) is 0 Å². The molecule has 1 amide bonds. The van der Waals surface area contributed by atoms with Gasteiger partial charge in [-0.25, -0.2) is 9.78 Å². The lowest BCUT2D eigenvalue weighted by molar-refractivity contribution is -0.384. The van der Waals surface area contributed by atoms with Gasteiger partial charge in [-0.2, -0.15) is 0 Å². The first-order valence-electron chi connectivity index (χ1n) is 6.89. The number of nitrogens with zero attached hydrogens (tertiary/aromatic N) is 3. The van der Waals surface area contributed by atoms with Crippen molar-refractivity contribution in [3.63, 3.8) is 0 Å². The van der Waals surface area contributed by atoms with E-state index in [1.165, 1.54) is 18.3 Å². The maximum Gasteiger partial charge on any atom is 0.409 e. The van der Waals surface area contributed by atoms with Crippen molar-refractivity contribution in [1.82, 2.24) is 9.88 Å². The van der Waals surface area contributed by atoms with Crippen molar-refractivity contribution in [3.05, 3.63) is 28.4 Å². The summed E-state index contributed by atoms with van der Waals surface area (Å²) < 4.78 is 4.96. The molecule has 1 fully saturated rings. The molecule has 0 aromatic carbocycles. The summed E-state index contributed by atoms with van der Waals surface area (Å²) in [6.07, 6.45) is 2.63. The minimum absolute atomic E-state index is 0.0106. The Morgan fingerprint density at radius 2 is 2.29 bits per heavy atom. The zero-order valence-corrected chi connectivity index (χ0v) is 11.8. The maximum absolute atomic E-state index is 11.6. The number of piperidine rings is 1. The Kier molecular flexibility index (Phi) is 4.91. The minimum Gasteiger partial charge on any atom is -0.450 e. The topological polar surface area (TPSA) is 97.6 Å². The number of anilines is 1. The van der Waals surface area contributed by atoms with Crippen LogP contribution in [0.4, 0.5) is 16.3 Å². The lowest BCUT2D eigenvalue weighted by Crippen LogP contribution is -2.42. The second-order valence-corrected chi connectivity index (χ2v) is 4.76. The van der Waals surface area contributed by atoms with Crippen molar-refractivity contribution in [2.45, 2.75) is 25.8 Å². The summed E-state index contributed by atoms with van der Waals surface area (Å²) in [6, 6.07) is 2.91. The van der Waals surface area contributed by atoms with Crippen molar-refractivity contribution >= 4 is 17.6 Å². The maximum atomic E-state index is 11.6. The highest BCUT2D eigenvalue weighted by Gasteiger charge is 2.23. The van der Waals surface area contributed by atoms with Gasteiger partial charge in [-0.3, -0.25) is 10.1 Å². The van der Waals surface area contributed by atoms with Crippen molar-refractivity contribution in [1.29, 1.82) is 0 Å². The van der Waals surface area contributed by atoms with Gasteiger partial charge < -0.3 is 15.0 Å². The zero-order valence-electron chi connectivity index (χ0n) is 11.8. The molecule has 8 heteroatoms. The molecule has 114 valence electrons. The van der Waals surface area contributed by atoms with Crippen LogP contribution >= 0.6 is 0 Å². The summed E-state index contributed by atoms with van der Waals surface area (Å²) in [4.78, 5) is 27.6. The normalized spacial score (nSPS) is 15.6. The fourth-order valence-electron chi connectivity index (χ4n) is 2.24. The highest BCUT2D eigenvalue weighted by atomic mass is 16.6. The molecule has 0 bridgehead atoms. The first kappa shape index (κ1) is 15.0. The van der Waals surface area contributed by atoms with Crippen LogP contribution in [-0.4, -0.2) is 46.6 Å². The number of carbonyl (C=O) groups is 1. The number of carbonyl (C=O) groups excluding carboxylic acids is 1. The lowest BCUT2D eigenvalue weighted by atomic mass is 10.1. The van der Waals surface area contributed by atoms with Gasteiger partial charge in [-0.05, 0) is 19.8 Å². The SMILES string of the molecule is CCOC(=O)N1CCC(Nc2cc([N+](=O)[O-])ccn2)CC1. The molecule has 0 atom stereocenters. The van der Waals surface area contributed by atoms with Gasteiger partial charge in [0, 0.05) is 31.4 Å². The van der Waals surface area contributed by atoms with Gasteiger partial charge in [-0.1, -0.05) is 0 Å². The van der Waals surface area contributed by atoms with E-state index in [4.69, 9.17) is 4.74 Å². The molecular formula is C13H18N4O4. The van der Waals surface area contributed by atoms with E-state index in [0.717, 1.165) is 12.8 Å². The van der Waals surface area contributed by atoms with Crippen molar-refractivity contribution in [3.8, 4) is 0 Å². The van der Waals surface area contributed by atoms with Crippen LogP contribution in [-0.2, 0) is 4.74 Å². The molecular weight excluding hydrogens is 276 g/mol. The highest BCUT2D eigenvalue weighted by Crippen LogP contribution is 2.19. The van der Waals surface area contributed by atoms with Crippen LogP contribution in [0.2, 0.25) is 0 Å². The number of rotatable bonds is 4. The molecule has 0 aliphatic carbocycles. The minimum atomic E-state index is -0.448. The molecule has 0 saturated carbocycles. The summed E-state index contributed by atoms with van der Waals surface area (Å²) >= 11 is 0. The van der Waals surface area contributed by atoms with Crippen molar-refractivity contribution in [2.24, 2.45) is 0 Å². The molecule has 1 aromatic rings. The van der Waals surface area contributed by atoms with Crippen molar-refractivity contribution < 1.29 is 14.5 Å². The number of nitro groups is 1. The van der Waals surface area contributed by atoms with Crippen molar-refractivity contribution in [2.75, 3.05) is 25.0 Å². The van der Waals surface area contributed by atoms with E-state index < -0.39 is 4.92 Å². The molecule has 1 aliphatic rings. The van der Waals surface area contributed by atoms with E-state index in [1.807, 2.05) is 0 Å². The van der Waals surface area contributed by atoms with Crippen LogP contribution in [0.5, 0.6) is 0 Å². The molecule has 2 heterocycles. The van der Waals surface area contributed by atoms with Crippen LogP contribution in [0, 0.1) is 10.1 Å². The van der Waals surface area contributed by atoms with E-state index in [0.29, 0.717) is 25.5 Å². The van der Waals surface area contributed by atoms with E-state index in [1.54, 1.807) is 11.8 Å². The molecule has 1 aliphatic heterocycles. The van der Waals surface area contributed by atoms with E-state index in [2.05, 4.69) is 10.3 Å². The second-order valence-electron chi connectivity index (χ2n) is 4.76. The molecule has 0 unspecified atom stereocenters. The summed E-state index contributed by atoms with van der Waals surface area (Å²) in [5, 5.41) is 13.9. The number of aromatic nitrogens is 1. The third-order valence-corrected chi connectivity index (χ3v) is 3.33. The van der Waals surface area contributed by atoms with E-state index >= 15 is 0 Å². The summed E-state index contributed by atoms with van der Waals surface area (Å²) in [5.41, 5.74) is 0.0106. The smallest absolute Gasteiger partial charge is 0.409 e. The standard InChI is InChI=1S/C13H18N4O4/c1-2-21-13(18)16-7-4-10(5-8-16)15-12-9-11(17(19)20)3-6-14-12/h3,6,9-10H,2,4-5,7-8H2,1H3,(H,14,15). The molecule has 0 radical (unpaired) electrons. The monoisotopic (exact) mass is 294 g/mol. The van der Waals surface area contributed by atoms with Crippen LogP contribution < -0.4 is 5.32 Å². The predicted octanol–water partition coefficient (Wildman–Crippen LogP) is 2.02. The van der Waals surface area contributed by atoms with Gasteiger partial charge in [0.1, 0.15) is 5.82 Å². The number of ether oxygens (including phenoxy) is 1. The Balaban J connectivity index is 1.87. The van der Waals surface area contributed by atoms with Gasteiger partial charge in [0.2, 0.25) is 0 Å². The Morgan fingerprint density at radius 1 is 1.57 bits per heavy atom. The largest absolute Gasteiger partial charge is 0.450 e. The van der Waals surface area contributed by atoms with Gasteiger partial charge >= 0.3 is 6.09 Å². The van der Waals surface area contributed by atoms with Gasteiger partial charge in [0.25, 0.3) is 5.69 Å². The Morgan fingerprint density at radius 3 is 2.90 bits per heavy atom. The van der Waals surface area contributed by atoms with E-state index in [-0.39, 0.29) is 17.8 Å². The van der Waals surface area contributed by atoms with Gasteiger partial charge in [-0.15, -0.1) is 0 Å². The van der Waals surface area contributed by atoms with Gasteiger partial charge in [0.15, 0.2) is 0 Å². The fraction of sp³-hybridized carbons (Fsp3) is 0.538. The molecule has 21 heavy (non-hydrogen) atoms. The second kappa shape index (κ2) is 6.87. The number of likely N-dealkylation sites (tertiary alicyclic amines) is 1. The molecule has 2 rings (SSSR count). The third kappa shape index (κ3) is 4.04. The van der Waals surface area contributed by atoms with E-state index in [9.17, 15) is 14.9 Å². The summed E-state index contributed by atoms with van der Waals surface area (Å²) in [6.45, 7) is 3.35. The quantitative estimate of drug-likeness (QED) is 0.674. The Bertz CT molecular complexity index is 515. The zero-order chi connectivity index (χ0) is 15.2. The molecule has 8 nitrogen and oxygen atoms in total. The number of hydrogen-bond acceptors (Lipinski definition) is 6. The average Bonchev–Trinajstić information content (AvgIpc) is 2.48. The third-order valence-electron chi connectivity index (χ3n) is 3.33. The molecule has 1 saturated heterocycles. The lowest BCUT2D eigenvalue weighted by Gasteiger charge is -2.31. The van der Waals surface area contributed by atoms with Gasteiger partial charge in [0.05, 0.1) is 17.6 Å². The predicted molar refractivity (Wildman–Crippen MR) is 76.1 cm³/mol. The first-order valence-corrected chi connectivity index (χ1v) is 6.89. The molecule has 1 N–H and O–H groups in total. The fourth-order valence-corrected chi connectivity index (χ4v) is 2.24. The number of pyridine rings is 1. The average molecular weight is 294 g/mol. The first-order chi connectivity index (χ1) is 10.1. The Labute approximate surface area is 122 Å². The summed E-state index contributed by atoms with van der Waals surface area (Å²) in [7, 11) is 0. The number of amides is 1. The van der Waals surface area contributed by atoms with Crippen LogP contribution in [0.15, 0.2) is 18.3 Å².